The number of hydrogen-bond acceptors (Lipinski definition) is 5. The molecule has 0 aliphatic rings. The highest BCUT2D eigenvalue weighted by atomic mass is 16.1. The van der Waals surface area contributed by atoms with Gasteiger partial charge in [-0.3, -0.25) is 4.79 Å². The predicted molar refractivity (Wildman–Crippen MR) is 58.6 cm³/mol. The average Bonchev–Trinajstić information content (AvgIpc) is 2.75. The van der Waals surface area contributed by atoms with Gasteiger partial charge in [-0.25, -0.2) is 15.0 Å². The highest BCUT2D eigenvalue weighted by molar-refractivity contribution is 5.96. The summed E-state index contributed by atoms with van der Waals surface area (Å²) in [5.41, 5.74) is 6.48. The predicted octanol–water partition coefficient (Wildman–Crippen LogP) is 0.0303. The number of amides is 1. The second-order valence-electron chi connectivity index (χ2n) is 3.26. The highest BCUT2D eigenvalue weighted by Crippen LogP contribution is 2.14. The number of aromatic amines is 1. The molecule has 7 nitrogen and oxygen atoms in total. The molecule has 4 N–H and O–H groups in total. The van der Waals surface area contributed by atoms with Crippen LogP contribution >= 0.6 is 0 Å². The van der Waals surface area contributed by atoms with Crippen LogP contribution in [0.4, 0.5) is 5.82 Å². The van der Waals surface area contributed by atoms with Crippen LogP contribution in [0.1, 0.15) is 12.8 Å². The van der Waals surface area contributed by atoms with E-state index in [4.69, 9.17) is 5.73 Å². The summed E-state index contributed by atoms with van der Waals surface area (Å²) >= 11 is 0. The van der Waals surface area contributed by atoms with E-state index >= 15 is 0 Å². The molecule has 16 heavy (non-hydrogen) atoms. The quantitative estimate of drug-likeness (QED) is 0.673. The van der Waals surface area contributed by atoms with E-state index in [-0.39, 0.29) is 5.91 Å². The van der Waals surface area contributed by atoms with E-state index in [1.165, 1.54) is 12.7 Å². The minimum Gasteiger partial charge on any atom is -0.340 e. The first kappa shape index (κ1) is 10.5. The van der Waals surface area contributed by atoms with Crippen molar-refractivity contribution in [3.63, 3.8) is 0 Å². The van der Waals surface area contributed by atoms with Crippen LogP contribution < -0.4 is 11.1 Å². The Bertz CT molecular complexity index is 493. The van der Waals surface area contributed by atoms with Crippen LogP contribution in [-0.2, 0) is 4.79 Å². The van der Waals surface area contributed by atoms with Crippen molar-refractivity contribution in [2.24, 2.45) is 5.73 Å². The molecule has 2 rings (SSSR count). The molecule has 0 aliphatic heterocycles. The molecule has 0 unspecified atom stereocenters. The molecule has 0 saturated heterocycles. The Balaban J connectivity index is 2.14. The van der Waals surface area contributed by atoms with Crippen molar-refractivity contribution in [2.45, 2.75) is 12.8 Å². The second-order valence-corrected chi connectivity index (χ2v) is 3.26. The van der Waals surface area contributed by atoms with Gasteiger partial charge in [0.2, 0.25) is 5.91 Å². The minimum absolute atomic E-state index is 0.111. The molecule has 0 aromatic carbocycles. The topological polar surface area (TPSA) is 110 Å². The molecule has 84 valence electrons. The van der Waals surface area contributed by atoms with E-state index in [0.717, 1.165) is 0 Å². The molecule has 0 radical (unpaired) electrons. The van der Waals surface area contributed by atoms with Gasteiger partial charge in [0.1, 0.15) is 11.8 Å². The van der Waals surface area contributed by atoms with Gasteiger partial charge >= 0.3 is 0 Å². The number of carbonyl (C=O) groups is 1. The van der Waals surface area contributed by atoms with Crippen LogP contribution in [-0.4, -0.2) is 32.4 Å². The van der Waals surface area contributed by atoms with Crippen molar-refractivity contribution < 1.29 is 4.79 Å². The maximum absolute atomic E-state index is 11.5. The first-order valence-electron chi connectivity index (χ1n) is 4.95. The number of carbonyl (C=O) groups excluding carboxylic acids is 1. The molecule has 1 amide bonds. The van der Waals surface area contributed by atoms with Crippen molar-refractivity contribution in [3.8, 4) is 0 Å². The number of rotatable bonds is 4. The highest BCUT2D eigenvalue weighted by Gasteiger charge is 2.08. The van der Waals surface area contributed by atoms with Gasteiger partial charge in [-0.2, -0.15) is 0 Å². The molecule has 2 aromatic heterocycles. The van der Waals surface area contributed by atoms with E-state index < -0.39 is 0 Å². The summed E-state index contributed by atoms with van der Waals surface area (Å²) in [6.45, 7) is 0.497. The third-order valence-electron chi connectivity index (χ3n) is 2.09. The van der Waals surface area contributed by atoms with Gasteiger partial charge in [0.15, 0.2) is 11.5 Å². The Hall–Kier alpha value is -2.02. The third-order valence-corrected chi connectivity index (χ3v) is 2.09. The third kappa shape index (κ3) is 2.14. The lowest BCUT2D eigenvalue weighted by Gasteiger charge is -2.03. The van der Waals surface area contributed by atoms with Gasteiger partial charge < -0.3 is 16.0 Å². The van der Waals surface area contributed by atoms with Gasteiger partial charge in [-0.15, -0.1) is 0 Å². The Labute approximate surface area is 91.5 Å². The SMILES string of the molecule is NCCCC(=O)Nc1ncnc2nc[nH]c12. The molecule has 0 aliphatic carbocycles. The molecule has 7 heteroatoms. The number of nitrogens with zero attached hydrogens (tertiary/aromatic N) is 3. The normalized spacial score (nSPS) is 10.6. The zero-order valence-corrected chi connectivity index (χ0v) is 8.60. The monoisotopic (exact) mass is 220 g/mol. The summed E-state index contributed by atoms with van der Waals surface area (Å²) < 4.78 is 0. The Morgan fingerprint density at radius 3 is 3.12 bits per heavy atom. The molecular formula is C9H12N6O. The fourth-order valence-corrected chi connectivity index (χ4v) is 1.32. The maximum atomic E-state index is 11.5. The van der Waals surface area contributed by atoms with Crippen molar-refractivity contribution in [2.75, 3.05) is 11.9 Å². The molecule has 0 fully saturated rings. The van der Waals surface area contributed by atoms with Crippen molar-refractivity contribution >= 4 is 22.9 Å². The average molecular weight is 220 g/mol. The zero-order valence-electron chi connectivity index (χ0n) is 8.60. The van der Waals surface area contributed by atoms with Crippen LogP contribution in [0.3, 0.4) is 0 Å². The van der Waals surface area contributed by atoms with E-state index in [1.807, 2.05) is 0 Å². The molecule has 2 aromatic rings. The lowest BCUT2D eigenvalue weighted by Crippen LogP contribution is -2.14. The molecule has 0 atom stereocenters. The standard InChI is InChI=1S/C9H12N6O/c10-3-1-2-6(16)15-9-7-8(12-4-11-7)13-5-14-9/h4-5H,1-3,10H2,(H2,11,12,13,14,15,16). The van der Waals surface area contributed by atoms with E-state index in [0.29, 0.717) is 36.4 Å². The maximum Gasteiger partial charge on any atom is 0.225 e. The Morgan fingerprint density at radius 2 is 2.31 bits per heavy atom. The summed E-state index contributed by atoms with van der Waals surface area (Å²) in [4.78, 5) is 26.2. The molecule has 2 heterocycles. The first-order chi connectivity index (χ1) is 7.81. The van der Waals surface area contributed by atoms with Crippen molar-refractivity contribution in [1.29, 1.82) is 0 Å². The van der Waals surface area contributed by atoms with Gasteiger partial charge in [0, 0.05) is 6.42 Å². The van der Waals surface area contributed by atoms with E-state index in [2.05, 4.69) is 25.3 Å². The Morgan fingerprint density at radius 1 is 1.44 bits per heavy atom. The lowest BCUT2D eigenvalue weighted by atomic mass is 10.3. The Kier molecular flexibility index (Phi) is 3.06. The number of nitrogens with two attached hydrogens (primary N) is 1. The molecule has 0 saturated carbocycles. The summed E-state index contributed by atoms with van der Waals surface area (Å²) in [6, 6.07) is 0. The zero-order chi connectivity index (χ0) is 11.4. The molecule has 0 bridgehead atoms. The number of nitrogens with one attached hydrogen (secondary N) is 2. The van der Waals surface area contributed by atoms with Crippen LogP contribution in [0.15, 0.2) is 12.7 Å². The molecular weight excluding hydrogens is 208 g/mol. The van der Waals surface area contributed by atoms with Gasteiger partial charge in [0.05, 0.1) is 6.33 Å². The fourth-order valence-electron chi connectivity index (χ4n) is 1.32. The van der Waals surface area contributed by atoms with Crippen LogP contribution in [0, 0.1) is 0 Å². The van der Waals surface area contributed by atoms with Crippen LogP contribution in [0.25, 0.3) is 11.2 Å². The number of anilines is 1. The number of aromatic nitrogens is 4. The summed E-state index contributed by atoms with van der Waals surface area (Å²) in [6.07, 6.45) is 3.91. The first-order valence-corrected chi connectivity index (χ1v) is 4.95. The van der Waals surface area contributed by atoms with Gasteiger partial charge in [-0.1, -0.05) is 0 Å². The second kappa shape index (κ2) is 4.67. The van der Waals surface area contributed by atoms with Crippen molar-refractivity contribution in [1.82, 2.24) is 19.9 Å². The largest absolute Gasteiger partial charge is 0.340 e. The van der Waals surface area contributed by atoms with E-state index in [9.17, 15) is 4.79 Å². The number of fused-ring (bicyclic) bond motifs is 1. The van der Waals surface area contributed by atoms with Gasteiger partial charge in [0.25, 0.3) is 0 Å². The van der Waals surface area contributed by atoms with Crippen LogP contribution in [0.2, 0.25) is 0 Å². The number of hydrogen-bond donors (Lipinski definition) is 3. The van der Waals surface area contributed by atoms with E-state index in [1.54, 1.807) is 0 Å². The van der Waals surface area contributed by atoms with Crippen LogP contribution in [0.5, 0.6) is 0 Å². The smallest absolute Gasteiger partial charge is 0.225 e. The number of imidazole rings is 1. The minimum atomic E-state index is -0.111. The van der Waals surface area contributed by atoms with Crippen molar-refractivity contribution in [3.05, 3.63) is 12.7 Å². The molecule has 0 spiro atoms. The summed E-state index contributed by atoms with van der Waals surface area (Å²) in [5, 5.41) is 2.69. The lowest BCUT2D eigenvalue weighted by molar-refractivity contribution is -0.116. The fraction of sp³-hybridized carbons (Fsp3) is 0.333. The summed E-state index contributed by atoms with van der Waals surface area (Å²) in [5.74, 6) is 0.338. The number of H-pyrrole nitrogens is 1. The summed E-state index contributed by atoms with van der Waals surface area (Å²) in [7, 11) is 0. The van der Waals surface area contributed by atoms with Gasteiger partial charge in [-0.05, 0) is 13.0 Å².